The molecule has 1 aliphatic rings. The number of benzene rings is 3. The van der Waals surface area contributed by atoms with E-state index in [-0.39, 0.29) is 23.8 Å². The number of para-hydroxylation sites is 2. The molecule has 8 heteroatoms. The molecule has 3 amide bonds. The van der Waals surface area contributed by atoms with E-state index in [1.807, 2.05) is 37.3 Å². The molecule has 0 unspecified atom stereocenters. The molecule has 1 aliphatic carbocycles. The molecule has 8 nitrogen and oxygen atoms in total. The largest absolute Gasteiger partial charge is 0.489 e. The number of rotatable bonds is 14. The number of carbonyl (C=O) groups is 3. The SMILES string of the molecule is C=C/C(COc1ccc(COC(=O)Nc2ccccc2NC(=O)c2ccc(NC(C)=O)cc2)cc1)=C(C)/C=C/C=C(C)/C=C/C1=C(C)CCCC1(C)C. The Morgan fingerprint density at radius 1 is 0.868 bits per heavy atom. The standard InChI is InChI=1S/C45H51N3O5/c1-8-36(32(3)14-11-13-31(2)18-27-40-33(4)15-12-28-45(40,6)7)30-52-39-25-19-35(20-26-39)29-53-44(51)48-42-17-10-9-16-41(42)47-43(50)37-21-23-38(24-22-37)46-34(5)49/h8-11,13-14,16-27H,1,12,15,28-30H2,2-7H3,(H,46,49)(H,47,50)(H,48,51)/b14-11+,27-18+,31-13+,36-32-. The molecule has 3 aromatic carbocycles. The van der Waals surface area contributed by atoms with Crippen LogP contribution in [0.5, 0.6) is 5.75 Å². The van der Waals surface area contributed by atoms with Crippen molar-refractivity contribution in [2.75, 3.05) is 22.6 Å². The minimum Gasteiger partial charge on any atom is -0.489 e. The van der Waals surface area contributed by atoms with Gasteiger partial charge in [-0.15, -0.1) is 0 Å². The van der Waals surface area contributed by atoms with Crippen LogP contribution in [0.1, 0.15) is 76.7 Å². The van der Waals surface area contributed by atoms with Crippen molar-refractivity contribution in [2.45, 2.75) is 67.4 Å². The third-order valence-electron chi connectivity index (χ3n) is 9.08. The van der Waals surface area contributed by atoms with Crippen LogP contribution < -0.4 is 20.7 Å². The molecular formula is C45H51N3O5. The number of anilines is 3. The van der Waals surface area contributed by atoms with Crippen LogP contribution in [0, 0.1) is 5.41 Å². The molecule has 53 heavy (non-hydrogen) atoms. The highest BCUT2D eigenvalue weighted by Gasteiger charge is 2.26. The molecule has 0 heterocycles. The molecular weight excluding hydrogens is 663 g/mol. The number of hydrogen-bond donors (Lipinski definition) is 3. The van der Waals surface area contributed by atoms with E-state index < -0.39 is 6.09 Å². The van der Waals surface area contributed by atoms with E-state index in [2.05, 4.69) is 80.6 Å². The van der Waals surface area contributed by atoms with Gasteiger partial charge in [-0.25, -0.2) is 4.79 Å². The first-order valence-corrected chi connectivity index (χ1v) is 17.8. The van der Waals surface area contributed by atoms with Gasteiger partial charge in [-0.05, 0) is 116 Å². The van der Waals surface area contributed by atoms with Gasteiger partial charge in [0, 0.05) is 18.2 Å². The molecule has 0 radical (unpaired) electrons. The van der Waals surface area contributed by atoms with Crippen LogP contribution in [-0.2, 0) is 16.1 Å². The first-order chi connectivity index (χ1) is 25.3. The van der Waals surface area contributed by atoms with Gasteiger partial charge in [0.2, 0.25) is 5.91 Å². The van der Waals surface area contributed by atoms with E-state index in [4.69, 9.17) is 9.47 Å². The summed E-state index contributed by atoms with van der Waals surface area (Å²) in [5.41, 5.74) is 8.96. The molecule has 0 fully saturated rings. The Balaban J connectivity index is 1.26. The van der Waals surface area contributed by atoms with Crippen molar-refractivity contribution >= 4 is 35.0 Å². The molecule has 276 valence electrons. The van der Waals surface area contributed by atoms with E-state index in [1.165, 1.54) is 42.9 Å². The van der Waals surface area contributed by atoms with Gasteiger partial charge in [-0.1, -0.05) is 92.3 Å². The van der Waals surface area contributed by atoms with Crippen LogP contribution in [0.4, 0.5) is 21.9 Å². The third kappa shape index (κ3) is 12.4. The monoisotopic (exact) mass is 713 g/mol. The van der Waals surface area contributed by atoms with Gasteiger partial charge in [-0.2, -0.15) is 0 Å². The van der Waals surface area contributed by atoms with Crippen molar-refractivity contribution in [2.24, 2.45) is 5.41 Å². The van der Waals surface area contributed by atoms with Crippen LogP contribution in [0.2, 0.25) is 0 Å². The van der Waals surface area contributed by atoms with Gasteiger partial charge >= 0.3 is 6.09 Å². The summed E-state index contributed by atoms with van der Waals surface area (Å²) in [6.07, 6.45) is 15.6. The highest BCUT2D eigenvalue weighted by atomic mass is 16.5. The van der Waals surface area contributed by atoms with Crippen molar-refractivity contribution in [3.8, 4) is 5.75 Å². The Bertz CT molecular complexity index is 1940. The summed E-state index contributed by atoms with van der Waals surface area (Å²) in [7, 11) is 0. The topological polar surface area (TPSA) is 106 Å². The summed E-state index contributed by atoms with van der Waals surface area (Å²) in [6, 6.07) is 20.7. The number of ether oxygens (including phenoxy) is 2. The van der Waals surface area contributed by atoms with Crippen LogP contribution in [0.3, 0.4) is 0 Å². The maximum Gasteiger partial charge on any atom is 0.412 e. The van der Waals surface area contributed by atoms with Gasteiger partial charge in [0.15, 0.2) is 0 Å². The molecule has 0 aromatic heterocycles. The quantitative estimate of drug-likeness (QED) is 0.144. The van der Waals surface area contributed by atoms with Crippen molar-refractivity contribution in [3.05, 3.63) is 155 Å². The fraction of sp³-hybridized carbons (Fsp3) is 0.267. The second kappa shape index (κ2) is 19.1. The Kier molecular flexibility index (Phi) is 14.4. The molecule has 0 atom stereocenters. The number of carbonyl (C=O) groups excluding carboxylic acids is 3. The van der Waals surface area contributed by atoms with Crippen LogP contribution >= 0.6 is 0 Å². The zero-order chi connectivity index (χ0) is 38.4. The summed E-state index contributed by atoms with van der Waals surface area (Å²) in [6.45, 7) is 16.9. The zero-order valence-electron chi connectivity index (χ0n) is 31.7. The second-order valence-electron chi connectivity index (χ2n) is 13.8. The lowest BCUT2D eigenvalue weighted by molar-refractivity contribution is -0.114. The van der Waals surface area contributed by atoms with Gasteiger partial charge in [-0.3, -0.25) is 14.9 Å². The Morgan fingerprint density at radius 3 is 2.19 bits per heavy atom. The smallest absolute Gasteiger partial charge is 0.412 e. The second-order valence-corrected chi connectivity index (χ2v) is 13.8. The predicted octanol–water partition coefficient (Wildman–Crippen LogP) is 11.1. The highest BCUT2D eigenvalue weighted by molar-refractivity contribution is 6.07. The van der Waals surface area contributed by atoms with E-state index in [0.29, 0.717) is 35.0 Å². The van der Waals surface area contributed by atoms with Crippen LogP contribution in [0.25, 0.3) is 0 Å². The summed E-state index contributed by atoms with van der Waals surface area (Å²) < 4.78 is 11.5. The third-order valence-corrected chi connectivity index (χ3v) is 9.08. The minimum atomic E-state index is -0.669. The average molecular weight is 714 g/mol. The van der Waals surface area contributed by atoms with Gasteiger partial charge in [0.1, 0.15) is 19.0 Å². The van der Waals surface area contributed by atoms with Gasteiger partial charge < -0.3 is 20.1 Å². The maximum absolute atomic E-state index is 12.8. The lowest BCUT2D eigenvalue weighted by atomic mass is 9.72. The number of amides is 3. The van der Waals surface area contributed by atoms with Crippen molar-refractivity contribution in [1.82, 2.24) is 0 Å². The summed E-state index contributed by atoms with van der Waals surface area (Å²) in [4.78, 5) is 36.8. The van der Waals surface area contributed by atoms with Crippen LogP contribution in [0.15, 0.2) is 144 Å². The normalized spacial score (nSPS) is 14.8. The van der Waals surface area contributed by atoms with E-state index in [1.54, 1.807) is 48.5 Å². The number of hydrogen-bond acceptors (Lipinski definition) is 5. The van der Waals surface area contributed by atoms with Gasteiger partial charge in [0.05, 0.1) is 11.4 Å². The van der Waals surface area contributed by atoms with E-state index in [9.17, 15) is 14.4 Å². The number of allylic oxidation sites excluding steroid dienone is 9. The molecule has 0 aliphatic heterocycles. The summed E-state index contributed by atoms with van der Waals surface area (Å²) in [5.74, 6) is 0.110. The molecule has 4 rings (SSSR count). The van der Waals surface area contributed by atoms with E-state index in [0.717, 1.165) is 16.7 Å². The van der Waals surface area contributed by atoms with Crippen molar-refractivity contribution in [1.29, 1.82) is 0 Å². The van der Waals surface area contributed by atoms with Crippen molar-refractivity contribution in [3.63, 3.8) is 0 Å². The Morgan fingerprint density at radius 2 is 1.55 bits per heavy atom. The first kappa shape index (κ1) is 39.9. The fourth-order valence-electron chi connectivity index (χ4n) is 6.01. The predicted molar refractivity (Wildman–Crippen MR) is 216 cm³/mol. The van der Waals surface area contributed by atoms with Gasteiger partial charge in [0.25, 0.3) is 5.91 Å². The molecule has 0 spiro atoms. The Labute approximate surface area is 314 Å². The molecule has 3 N–H and O–H groups in total. The Hall–Kier alpha value is -5.89. The lowest BCUT2D eigenvalue weighted by Gasteiger charge is -2.32. The minimum absolute atomic E-state index is 0.0418. The summed E-state index contributed by atoms with van der Waals surface area (Å²) >= 11 is 0. The first-order valence-electron chi connectivity index (χ1n) is 17.8. The molecule has 3 aromatic rings. The molecule has 0 saturated carbocycles. The number of nitrogens with one attached hydrogen (secondary N) is 3. The molecule has 0 saturated heterocycles. The summed E-state index contributed by atoms with van der Waals surface area (Å²) in [5, 5.41) is 8.17. The highest BCUT2D eigenvalue weighted by Crippen LogP contribution is 2.40. The fourth-order valence-corrected chi connectivity index (χ4v) is 6.01. The van der Waals surface area contributed by atoms with Crippen LogP contribution in [-0.4, -0.2) is 24.5 Å². The lowest BCUT2D eigenvalue weighted by Crippen LogP contribution is -2.19. The average Bonchev–Trinajstić information content (AvgIpc) is 3.12. The van der Waals surface area contributed by atoms with E-state index >= 15 is 0 Å². The maximum atomic E-state index is 12.8. The molecule has 0 bridgehead atoms. The zero-order valence-corrected chi connectivity index (χ0v) is 31.7. The van der Waals surface area contributed by atoms with Crippen molar-refractivity contribution < 1.29 is 23.9 Å².